The number of hydrogen-bond acceptors (Lipinski definition) is 4. The van der Waals surface area contributed by atoms with Gasteiger partial charge in [-0.25, -0.2) is 4.39 Å². The minimum absolute atomic E-state index is 0.217. The monoisotopic (exact) mass is 417 g/mol. The van der Waals surface area contributed by atoms with Gasteiger partial charge in [-0.3, -0.25) is 9.59 Å². The lowest BCUT2D eigenvalue weighted by molar-refractivity contribution is -0.135. The van der Waals surface area contributed by atoms with Crippen LogP contribution in [0.1, 0.15) is 40.2 Å². The lowest BCUT2D eigenvalue weighted by Gasteiger charge is -2.20. The molecule has 2 amide bonds. The normalized spacial score (nSPS) is 15.3. The first-order chi connectivity index (χ1) is 14.9. The summed E-state index contributed by atoms with van der Waals surface area (Å²) in [5.41, 5.74) is 3.36. The van der Waals surface area contributed by atoms with Gasteiger partial charge in [0.05, 0.1) is 0 Å². The fraction of sp³-hybridized carbons (Fsp3) is 0.125. The van der Waals surface area contributed by atoms with Crippen molar-refractivity contribution in [3.8, 4) is 0 Å². The van der Waals surface area contributed by atoms with E-state index in [-0.39, 0.29) is 23.5 Å². The van der Waals surface area contributed by atoms with Gasteiger partial charge in [0, 0.05) is 29.3 Å². The molecule has 0 spiro atoms. The van der Waals surface area contributed by atoms with E-state index in [4.69, 9.17) is 4.74 Å². The minimum atomic E-state index is -0.797. The van der Waals surface area contributed by atoms with Gasteiger partial charge in [0.1, 0.15) is 5.82 Å². The van der Waals surface area contributed by atoms with Crippen LogP contribution in [0, 0.1) is 12.7 Å². The van der Waals surface area contributed by atoms with Crippen LogP contribution in [0.3, 0.4) is 0 Å². The molecule has 1 atom stereocenters. The molecule has 0 unspecified atom stereocenters. The Balaban J connectivity index is 1.56. The fourth-order valence-corrected chi connectivity index (χ4v) is 3.17. The molecule has 0 radical (unpaired) electrons. The highest BCUT2D eigenvalue weighted by Crippen LogP contribution is 2.31. The second kappa shape index (κ2) is 8.39. The molecule has 0 bridgehead atoms. The molecule has 6 nitrogen and oxygen atoms in total. The number of anilines is 1. The number of ether oxygens (including phenoxy) is 1. The van der Waals surface area contributed by atoms with E-state index in [0.29, 0.717) is 22.4 Å². The Bertz CT molecular complexity index is 1160. The van der Waals surface area contributed by atoms with Crippen molar-refractivity contribution in [2.45, 2.75) is 20.1 Å². The van der Waals surface area contributed by atoms with E-state index in [0.717, 1.165) is 5.56 Å². The van der Waals surface area contributed by atoms with Gasteiger partial charge < -0.3 is 10.1 Å². The van der Waals surface area contributed by atoms with Crippen LogP contribution in [0.2, 0.25) is 0 Å². The Labute approximate surface area is 179 Å². The molecule has 0 saturated heterocycles. The molecule has 1 aliphatic rings. The van der Waals surface area contributed by atoms with Crippen molar-refractivity contribution in [3.05, 3.63) is 101 Å². The maximum Gasteiger partial charge on any atom is 0.255 e. The molecule has 156 valence electrons. The zero-order valence-electron chi connectivity index (χ0n) is 17.0. The van der Waals surface area contributed by atoms with Gasteiger partial charge >= 0.3 is 0 Å². The van der Waals surface area contributed by atoms with Crippen LogP contribution in [0.15, 0.2) is 77.9 Å². The summed E-state index contributed by atoms with van der Waals surface area (Å²) < 4.78 is 19.2. The number of hydrazone groups is 1. The SMILES string of the molecule is CC(=O)N1N=C(c2ccc(F)cc2)O[C@@H]1c1cccc(NC(=O)c2ccc(C)cc2)c1. The van der Waals surface area contributed by atoms with Crippen LogP contribution in [0.5, 0.6) is 0 Å². The van der Waals surface area contributed by atoms with E-state index in [1.807, 2.05) is 19.1 Å². The van der Waals surface area contributed by atoms with Gasteiger partial charge in [0.2, 0.25) is 18.0 Å². The standard InChI is InChI=1S/C24H20FN3O3/c1-15-6-8-17(9-7-15)22(30)26-21-5-3-4-19(14-21)24-28(16(2)29)27-23(31-24)18-10-12-20(25)13-11-18/h3-14,24H,1-2H3,(H,26,30)/t24-/m1/s1. The number of aryl methyl sites for hydroxylation is 1. The molecule has 7 heteroatoms. The summed E-state index contributed by atoms with van der Waals surface area (Å²) in [4.78, 5) is 24.7. The Morgan fingerprint density at radius 1 is 1.03 bits per heavy atom. The fourth-order valence-electron chi connectivity index (χ4n) is 3.17. The third-order valence-corrected chi connectivity index (χ3v) is 4.80. The summed E-state index contributed by atoms with van der Waals surface area (Å²) in [7, 11) is 0. The molecular formula is C24H20FN3O3. The molecular weight excluding hydrogens is 397 g/mol. The number of nitrogens with zero attached hydrogens (tertiary/aromatic N) is 2. The summed E-state index contributed by atoms with van der Waals surface area (Å²) in [6, 6.07) is 20.0. The first-order valence-electron chi connectivity index (χ1n) is 9.70. The van der Waals surface area contributed by atoms with Gasteiger partial charge in [0.15, 0.2) is 0 Å². The Hall–Kier alpha value is -4.00. The lowest BCUT2D eigenvalue weighted by atomic mass is 10.1. The third-order valence-electron chi connectivity index (χ3n) is 4.80. The van der Waals surface area contributed by atoms with Gasteiger partial charge in [-0.1, -0.05) is 29.8 Å². The Morgan fingerprint density at radius 2 is 1.74 bits per heavy atom. The maximum absolute atomic E-state index is 13.2. The second-order valence-electron chi connectivity index (χ2n) is 7.19. The first-order valence-corrected chi connectivity index (χ1v) is 9.70. The van der Waals surface area contributed by atoms with Crippen molar-refractivity contribution in [2.24, 2.45) is 5.10 Å². The van der Waals surface area contributed by atoms with Gasteiger partial charge in [-0.2, -0.15) is 5.01 Å². The molecule has 4 rings (SSSR count). The predicted molar refractivity (Wildman–Crippen MR) is 115 cm³/mol. The van der Waals surface area contributed by atoms with Crippen molar-refractivity contribution < 1.29 is 18.7 Å². The number of rotatable bonds is 4. The van der Waals surface area contributed by atoms with Gasteiger partial charge in [0.25, 0.3) is 5.91 Å². The van der Waals surface area contributed by atoms with Gasteiger partial charge in [-0.15, -0.1) is 5.10 Å². The highest BCUT2D eigenvalue weighted by Gasteiger charge is 2.33. The quantitative estimate of drug-likeness (QED) is 0.673. The van der Waals surface area contributed by atoms with E-state index < -0.39 is 6.23 Å². The van der Waals surface area contributed by atoms with Gasteiger partial charge in [-0.05, 0) is 55.5 Å². The molecule has 31 heavy (non-hydrogen) atoms. The molecule has 0 aromatic heterocycles. The summed E-state index contributed by atoms with van der Waals surface area (Å²) in [5.74, 6) is -0.707. The van der Waals surface area contributed by atoms with E-state index in [1.165, 1.54) is 36.2 Å². The summed E-state index contributed by atoms with van der Waals surface area (Å²) in [5, 5.41) is 8.34. The number of benzene rings is 3. The van der Waals surface area contributed by atoms with Crippen molar-refractivity contribution in [1.82, 2.24) is 5.01 Å². The summed E-state index contributed by atoms with van der Waals surface area (Å²) >= 11 is 0. The molecule has 0 saturated carbocycles. The van der Waals surface area contributed by atoms with Crippen molar-refractivity contribution in [3.63, 3.8) is 0 Å². The first kappa shape index (κ1) is 20.3. The van der Waals surface area contributed by atoms with E-state index >= 15 is 0 Å². The van der Waals surface area contributed by atoms with Crippen molar-refractivity contribution >= 4 is 23.4 Å². The summed E-state index contributed by atoms with van der Waals surface area (Å²) in [6.45, 7) is 3.34. The zero-order valence-corrected chi connectivity index (χ0v) is 17.0. The Morgan fingerprint density at radius 3 is 2.42 bits per heavy atom. The van der Waals surface area contributed by atoms with Crippen LogP contribution in [0.4, 0.5) is 10.1 Å². The summed E-state index contributed by atoms with van der Waals surface area (Å²) in [6.07, 6.45) is -0.797. The smallest absolute Gasteiger partial charge is 0.255 e. The minimum Gasteiger partial charge on any atom is -0.446 e. The average molecular weight is 417 g/mol. The highest BCUT2D eigenvalue weighted by molar-refractivity contribution is 6.04. The predicted octanol–water partition coefficient (Wildman–Crippen LogP) is 4.63. The van der Waals surface area contributed by atoms with E-state index in [9.17, 15) is 14.0 Å². The maximum atomic E-state index is 13.2. The van der Waals surface area contributed by atoms with Crippen molar-refractivity contribution in [1.29, 1.82) is 0 Å². The van der Waals surface area contributed by atoms with Crippen LogP contribution >= 0.6 is 0 Å². The number of amides is 2. The lowest BCUT2D eigenvalue weighted by Crippen LogP contribution is -2.25. The van der Waals surface area contributed by atoms with E-state index in [1.54, 1.807) is 36.4 Å². The molecule has 3 aromatic carbocycles. The molecule has 0 aliphatic carbocycles. The second-order valence-corrected chi connectivity index (χ2v) is 7.19. The average Bonchev–Trinajstić information content (AvgIpc) is 3.21. The largest absolute Gasteiger partial charge is 0.446 e. The molecule has 3 aromatic rings. The highest BCUT2D eigenvalue weighted by atomic mass is 19.1. The molecule has 0 fully saturated rings. The van der Waals surface area contributed by atoms with Crippen molar-refractivity contribution in [2.75, 3.05) is 5.32 Å². The number of halogens is 1. The molecule has 1 heterocycles. The number of hydrogen-bond donors (Lipinski definition) is 1. The zero-order chi connectivity index (χ0) is 22.0. The van der Waals surface area contributed by atoms with Crippen LogP contribution in [0.25, 0.3) is 0 Å². The van der Waals surface area contributed by atoms with E-state index in [2.05, 4.69) is 10.4 Å². The topological polar surface area (TPSA) is 71.0 Å². The van der Waals surface area contributed by atoms with Crippen LogP contribution in [-0.2, 0) is 9.53 Å². The van der Waals surface area contributed by atoms with Crippen LogP contribution in [-0.4, -0.2) is 22.7 Å². The number of nitrogens with one attached hydrogen (secondary N) is 1. The number of carbonyl (C=O) groups is 2. The van der Waals surface area contributed by atoms with Crippen LogP contribution < -0.4 is 5.32 Å². The Kier molecular flexibility index (Phi) is 5.49. The third kappa shape index (κ3) is 4.45. The number of carbonyl (C=O) groups excluding carboxylic acids is 2. The molecule has 1 N–H and O–H groups in total. The molecule has 1 aliphatic heterocycles.